The van der Waals surface area contributed by atoms with E-state index in [0.29, 0.717) is 0 Å². The van der Waals surface area contributed by atoms with Gasteiger partial charge in [-0.2, -0.15) is 0 Å². The predicted molar refractivity (Wildman–Crippen MR) is 54.5 cm³/mol. The maximum atomic E-state index is 4.33. The third-order valence-corrected chi connectivity index (χ3v) is 2.05. The molecule has 0 atom stereocenters. The van der Waals surface area contributed by atoms with Crippen LogP contribution in [0.5, 0.6) is 0 Å². The van der Waals surface area contributed by atoms with E-state index in [4.69, 9.17) is 0 Å². The van der Waals surface area contributed by atoms with Gasteiger partial charge in [-0.05, 0) is 18.5 Å². The van der Waals surface area contributed by atoms with Crippen molar-refractivity contribution in [2.24, 2.45) is 0 Å². The minimum Gasteiger partial charge on any atom is -0.314 e. The monoisotopic (exact) mass is 172 g/mol. The topological polar surface area (TPSA) is 24.9 Å². The summed E-state index contributed by atoms with van der Waals surface area (Å²) in [5, 5.41) is 5.54. The highest BCUT2D eigenvalue weighted by atomic mass is 14.8. The van der Waals surface area contributed by atoms with E-state index in [0.717, 1.165) is 12.2 Å². The Balaban J connectivity index is 2.49. The van der Waals surface area contributed by atoms with E-state index >= 15 is 0 Å². The molecule has 1 aromatic heterocycles. The molecule has 0 saturated carbocycles. The van der Waals surface area contributed by atoms with Gasteiger partial charge in [-0.15, -0.1) is 0 Å². The fourth-order valence-corrected chi connectivity index (χ4v) is 1.41. The van der Waals surface area contributed by atoms with Gasteiger partial charge >= 0.3 is 0 Å². The van der Waals surface area contributed by atoms with Gasteiger partial charge in [-0.1, -0.05) is 24.3 Å². The summed E-state index contributed by atoms with van der Waals surface area (Å²) in [6, 6.07) is 10.4. The summed E-state index contributed by atoms with van der Waals surface area (Å²) in [6.07, 6.45) is 1.92. The second kappa shape index (κ2) is 3.54. The minimum absolute atomic E-state index is 0.824. The van der Waals surface area contributed by atoms with Crippen molar-refractivity contribution in [2.45, 2.75) is 6.54 Å². The zero-order valence-corrected chi connectivity index (χ0v) is 7.62. The Morgan fingerprint density at radius 2 is 2.00 bits per heavy atom. The molecule has 2 nitrogen and oxygen atoms in total. The molecule has 0 unspecified atom stereocenters. The molecule has 0 fully saturated rings. The van der Waals surface area contributed by atoms with Gasteiger partial charge in [0.15, 0.2) is 0 Å². The molecule has 2 heteroatoms. The molecule has 0 amide bonds. The number of nitrogens with one attached hydrogen (secondary N) is 1. The van der Waals surface area contributed by atoms with Gasteiger partial charge in [0, 0.05) is 18.1 Å². The molecule has 1 aromatic carbocycles. The first-order chi connectivity index (χ1) is 6.40. The van der Waals surface area contributed by atoms with Gasteiger partial charge < -0.3 is 5.32 Å². The Bertz CT molecular complexity index is 410. The highest BCUT2D eigenvalue weighted by Crippen LogP contribution is 2.12. The van der Waals surface area contributed by atoms with Crippen molar-refractivity contribution >= 4 is 10.8 Å². The number of fused-ring (bicyclic) bond motifs is 1. The van der Waals surface area contributed by atoms with Crippen LogP contribution in [0.1, 0.15) is 5.69 Å². The molecular formula is C11H12N2. The lowest BCUT2D eigenvalue weighted by Crippen LogP contribution is -2.06. The molecule has 1 heterocycles. The van der Waals surface area contributed by atoms with Crippen molar-refractivity contribution in [1.82, 2.24) is 10.3 Å². The van der Waals surface area contributed by atoms with Gasteiger partial charge in [0.05, 0.1) is 5.69 Å². The molecule has 13 heavy (non-hydrogen) atoms. The zero-order valence-electron chi connectivity index (χ0n) is 7.62. The number of rotatable bonds is 2. The van der Waals surface area contributed by atoms with Crippen LogP contribution in [0.4, 0.5) is 0 Å². The molecule has 0 saturated heterocycles. The lowest BCUT2D eigenvalue weighted by atomic mass is 10.1. The van der Waals surface area contributed by atoms with Crippen molar-refractivity contribution in [1.29, 1.82) is 0 Å². The van der Waals surface area contributed by atoms with Crippen LogP contribution in [-0.2, 0) is 6.54 Å². The second-order valence-corrected chi connectivity index (χ2v) is 3.05. The van der Waals surface area contributed by atoms with Crippen LogP contribution in [0.15, 0.2) is 36.5 Å². The van der Waals surface area contributed by atoms with E-state index in [2.05, 4.69) is 28.5 Å². The minimum atomic E-state index is 0.824. The van der Waals surface area contributed by atoms with Gasteiger partial charge in [-0.25, -0.2) is 0 Å². The fraction of sp³-hybridized carbons (Fsp3) is 0.182. The second-order valence-electron chi connectivity index (χ2n) is 3.05. The van der Waals surface area contributed by atoms with Crippen LogP contribution in [0.25, 0.3) is 10.8 Å². The Labute approximate surface area is 77.6 Å². The molecular weight excluding hydrogens is 160 g/mol. The molecule has 1 N–H and O–H groups in total. The van der Waals surface area contributed by atoms with Crippen molar-refractivity contribution in [3.63, 3.8) is 0 Å². The summed E-state index contributed by atoms with van der Waals surface area (Å²) >= 11 is 0. The third-order valence-electron chi connectivity index (χ3n) is 2.05. The van der Waals surface area contributed by atoms with E-state index in [1.54, 1.807) is 0 Å². The van der Waals surface area contributed by atoms with E-state index in [1.165, 1.54) is 10.8 Å². The normalized spacial score (nSPS) is 10.5. The largest absolute Gasteiger partial charge is 0.314 e. The quantitative estimate of drug-likeness (QED) is 0.749. The maximum Gasteiger partial charge on any atom is 0.0547 e. The molecule has 0 bridgehead atoms. The SMILES string of the molecule is CNCc1cc2ccccc2cn1. The molecule has 0 aliphatic rings. The van der Waals surface area contributed by atoms with Crippen LogP contribution < -0.4 is 5.32 Å². The maximum absolute atomic E-state index is 4.33. The Morgan fingerprint density at radius 3 is 2.77 bits per heavy atom. The number of hydrogen-bond acceptors (Lipinski definition) is 2. The fourth-order valence-electron chi connectivity index (χ4n) is 1.41. The smallest absolute Gasteiger partial charge is 0.0547 e. The lowest BCUT2D eigenvalue weighted by Gasteiger charge is -2.01. The van der Waals surface area contributed by atoms with E-state index in [-0.39, 0.29) is 0 Å². The van der Waals surface area contributed by atoms with Gasteiger partial charge in [-0.3, -0.25) is 4.98 Å². The molecule has 0 aliphatic carbocycles. The first kappa shape index (κ1) is 8.20. The van der Waals surface area contributed by atoms with E-state index in [1.807, 2.05) is 25.4 Å². The summed E-state index contributed by atoms with van der Waals surface area (Å²) in [4.78, 5) is 4.33. The van der Waals surface area contributed by atoms with Crippen molar-refractivity contribution in [3.05, 3.63) is 42.2 Å². The van der Waals surface area contributed by atoms with E-state index < -0.39 is 0 Å². The number of nitrogens with zero attached hydrogens (tertiary/aromatic N) is 1. The number of pyridine rings is 1. The standard InChI is InChI=1S/C11H12N2/c1-12-8-11-6-9-4-2-3-5-10(9)7-13-11/h2-7,12H,8H2,1H3. The molecule has 2 aromatic rings. The Kier molecular flexibility index (Phi) is 2.23. The highest BCUT2D eigenvalue weighted by Gasteiger charge is 1.95. The average Bonchev–Trinajstić information content (AvgIpc) is 2.18. The van der Waals surface area contributed by atoms with Gasteiger partial charge in [0.25, 0.3) is 0 Å². The predicted octanol–water partition coefficient (Wildman–Crippen LogP) is 1.95. The van der Waals surface area contributed by atoms with Crippen molar-refractivity contribution < 1.29 is 0 Å². The number of benzene rings is 1. The summed E-state index contributed by atoms with van der Waals surface area (Å²) in [5.74, 6) is 0. The van der Waals surface area contributed by atoms with Gasteiger partial charge in [0.1, 0.15) is 0 Å². The molecule has 0 spiro atoms. The number of aromatic nitrogens is 1. The molecule has 66 valence electrons. The first-order valence-electron chi connectivity index (χ1n) is 4.38. The first-order valence-corrected chi connectivity index (χ1v) is 4.38. The summed E-state index contributed by atoms with van der Waals surface area (Å²) in [7, 11) is 1.93. The van der Waals surface area contributed by atoms with Crippen LogP contribution in [-0.4, -0.2) is 12.0 Å². The lowest BCUT2D eigenvalue weighted by molar-refractivity contribution is 0.793. The van der Waals surface area contributed by atoms with Gasteiger partial charge in [0.2, 0.25) is 0 Å². The van der Waals surface area contributed by atoms with Crippen LogP contribution in [0.2, 0.25) is 0 Å². The molecule has 0 aliphatic heterocycles. The summed E-state index contributed by atoms with van der Waals surface area (Å²) in [6.45, 7) is 0.824. The summed E-state index contributed by atoms with van der Waals surface area (Å²) in [5.41, 5.74) is 1.08. The summed E-state index contributed by atoms with van der Waals surface area (Å²) < 4.78 is 0. The average molecular weight is 172 g/mol. The number of hydrogen-bond donors (Lipinski definition) is 1. The van der Waals surface area contributed by atoms with Crippen LogP contribution >= 0.6 is 0 Å². The van der Waals surface area contributed by atoms with Crippen LogP contribution in [0, 0.1) is 0 Å². The zero-order chi connectivity index (χ0) is 9.10. The molecule has 0 radical (unpaired) electrons. The van der Waals surface area contributed by atoms with Crippen molar-refractivity contribution in [3.8, 4) is 0 Å². The Morgan fingerprint density at radius 1 is 1.23 bits per heavy atom. The highest BCUT2D eigenvalue weighted by molar-refractivity contribution is 5.81. The third kappa shape index (κ3) is 1.68. The molecule has 2 rings (SSSR count). The van der Waals surface area contributed by atoms with E-state index in [9.17, 15) is 0 Å². The Hall–Kier alpha value is -1.41. The van der Waals surface area contributed by atoms with Crippen LogP contribution in [0.3, 0.4) is 0 Å². The van der Waals surface area contributed by atoms with Crippen molar-refractivity contribution in [2.75, 3.05) is 7.05 Å².